The first-order valence-corrected chi connectivity index (χ1v) is 7.99. The molecule has 0 spiro atoms. The minimum Gasteiger partial charge on any atom is -0.497 e. The molecule has 4 nitrogen and oxygen atoms in total. The fraction of sp³-hybridized carbons (Fsp3) is 0.235. The SMILES string of the molecule is COc1cccc(OCCNC(=O)c2ccc(C)cc2I)c1. The van der Waals surface area contributed by atoms with E-state index in [-0.39, 0.29) is 5.91 Å². The lowest BCUT2D eigenvalue weighted by molar-refractivity contribution is 0.0946. The zero-order chi connectivity index (χ0) is 15.9. The summed E-state index contributed by atoms with van der Waals surface area (Å²) in [5, 5.41) is 2.86. The summed E-state index contributed by atoms with van der Waals surface area (Å²) in [4.78, 5) is 12.1. The molecule has 22 heavy (non-hydrogen) atoms. The van der Waals surface area contributed by atoms with Crippen LogP contribution in [0.15, 0.2) is 42.5 Å². The van der Waals surface area contributed by atoms with Crippen molar-refractivity contribution in [2.45, 2.75) is 6.92 Å². The van der Waals surface area contributed by atoms with Crippen LogP contribution in [-0.2, 0) is 0 Å². The average Bonchev–Trinajstić information content (AvgIpc) is 2.51. The van der Waals surface area contributed by atoms with Crippen molar-refractivity contribution in [3.05, 3.63) is 57.2 Å². The van der Waals surface area contributed by atoms with Crippen LogP contribution in [0.3, 0.4) is 0 Å². The number of nitrogens with one attached hydrogen (secondary N) is 1. The third-order valence-electron chi connectivity index (χ3n) is 3.07. The zero-order valence-electron chi connectivity index (χ0n) is 12.6. The number of methoxy groups -OCH3 is 1. The van der Waals surface area contributed by atoms with Gasteiger partial charge in [-0.2, -0.15) is 0 Å². The number of rotatable bonds is 6. The van der Waals surface area contributed by atoms with E-state index in [1.807, 2.05) is 49.4 Å². The summed E-state index contributed by atoms with van der Waals surface area (Å²) in [6, 6.07) is 13.1. The number of halogens is 1. The topological polar surface area (TPSA) is 47.6 Å². The normalized spacial score (nSPS) is 10.1. The minimum absolute atomic E-state index is 0.0846. The molecule has 1 amide bonds. The van der Waals surface area contributed by atoms with E-state index in [1.54, 1.807) is 7.11 Å². The van der Waals surface area contributed by atoms with Crippen molar-refractivity contribution in [1.29, 1.82) is 0 Å². The summed E-state index contributed by atoms with van der Waals surface area (Å²) < 4.78 is 11.7. The van der Waals surface area contributed by atoms with Crippen LogP contribution in [0.4, 0.5) is 0 Å². The Hall–Kier alpha value is -1.76. The molecular formula is C17H18INO3. The first kappa shape index (κ1) is 16.6. The lowest BCUT2D eigenvalue weighted by atomic mass is 10.1. The Morgan fingerprint density at radius 1 is 1.18 bits per heavy atom. The average molecular weight is 411 g/mol. The van der Waals surface area contributed by atoms with Crippen molar-refractivity contribution in [2.75, 3.05) is 20.3 Å². The molecule has 116 valence electrons. The quantitative estimate of drug-likeness (QED) is 0.586. The molecule has 0 aliphatic rings. The molecule has 0 aliphatic carbocycles. The highest BCUT2D eigenvalue weighted by atomic mass is 127. The van der Waals surface area contributed by atoms with Gasteiger partial charge in [0.05, 0.1) is 19.2 Å². The summed E-state index contributed by atoms with van der Waals surface area (Å²) in [6.07, 6.45) is 0. The predicted molar refractivity (Wildman–Crippen MR) is 94.7 cm³/mol. The van der Waals surface area contributed by atoms with Crippen molar-refractivity contribution in [3.8, 4) is 11.5 Å². The van der Waals surface area contributed by atoms with Gasteiger partial charge in [-0.1, -0.05) is 17.7 Å². The highest BCUT2D eigenvalue weighted by Crippen LogP contribution is 2.18. The van der Waals surface area contributed by atoms with Crippen molar-refractivity contribution in [1.82, 2.24) is 5.32 Å². The van der Waals surface area contributed by atoms with Gasteiger partial charge in [0.1, 0.15) is 18.1 Å². The van der Waals surface area contributed by atoms with E-state index in [1.165, 1.54) is 0 Å². The van der Waals surface area contributed by atoms with Gasteiger partial charge in [-0.3, -0.25) is 4.79 Å². The Balaban J connectivity index is 1.82. The van der Waals surface area contributed by atoms with E-state index in [9.17, 15) is 4.79 Å². The van der Waals surface area contributed by atoms with Crippen LogP contribution < -0.4 is 14.8 Å². The summed E-state index contributed by atoms with van der Waals surface area (Å²) in [5.74, 6) is 1.38. The molecule has 0 aliphatic heterocycles. The molecule has 2 aromatic rings. The standard InChI is InChI=1S/C17H18INO3/c1-12-6-7-15(16(18)10-12)17(20)19-8-9-22-14-5-3-4-13(11-14)21-2/h3-7,10-11H,8-9H2,1-2H3,(H,19,20). The molecule has 2 aromatic carbocycles. The molecule has 0 fully saturated rings. The maximum Gasteiger partial charge on any atom is 0.252 e. The van der Waals surface area contributed by atoms with Crippen LogP contribution in [0, 0.1) is 10.5 Å². The summed E-state index contributed by atoms with van der Waals surface area (Å²) >= 11 is 2.17. The van der Waals surface area contributed by atoms with E-state index in [0.717, 1.165) is 20.6 Å². The maximum atomic E-state index is 12.1. The maximum absolute atomic E-state index is 12.1. The van der Waals surface area contributed by atoms with Crippen molar-refractivity contribution in [2.24, 2.45) is 0 Å². The monoisotopic (exact) mass is 411 g/mol. The third kappa shape index (κ3) is 4.62. The molecule has 0 atom stereocenters. The first-order chi connectivity index (χ1) is 10.6. The number of ether oxygens (including phenoxy) is 2. The van der Waals surface area contributed by atoms with Crippen molar-refractivity contribution < 1.29 is 14.3 Å². The Kier molecular flexibility index (Phi) is 6.06. The Bertz CT molecular complexity index is 658. The second-order valence-corrected chi connectivity index (χ2v) is 5.93. The van der Waals surface area contributed by atoms with Crippen LogP contribution in [0.1, 0.15) is 15.9 Å². The molecule has 5 heteroatoms. The molecule has 2 rings (SSSR count). The molecule has 0 bridgehead atoms. The van der Waals surface area contributed by atoms with Gasteiger partial charge in [0.15, 0.2) is 0 Å². The van der Waals surface area contributed by atoms with Gasteiger partial charge >= 0.3 is 0 Å². The van der Waals surface area contributed by atoms with Crippen LogP contribution in [0.2, 0.25) is 0 Å². The molecule has 0 unspecified atom stereocenters. The smallest absolute Gasteiger partial charge is 0.252 e. The summed E-state index contributed by atoms with van der Waals surface area (Å²) in [5.41, 5.74) is 1.83. The molecule has 0 saturated carbocycles. The largest absolute Gasteiger partial charge is 0.497 e. The van der Waals surface area contributed by atoms with Gasteiger partial charge in [0.25, 0.3) is 5.91 Å². The van der Waals surface area contributed by atoms with Gasteiger partial charge in [-0.25, -0.2) is 0 Å². The molecule has 0 saturated heterocycles. The lowest BCUT2D eigenvalue weighted by Gasteiger charge is -2.10. The first-order valence-electron chi connectivity index (χ1n) is 6.91. The van der Waals surface area contributed by atoms with E-state index in [0.29, 0.717) is 18.7 Å². The molecule has 0 radical (unpaired) electrons. The Labute approximate surface area is 144 Å². The van der Waals surface area contributed by atoms with Crippen molar-refractivity contribution in [3.63, 3.8) is 0 Å². The fourth-order valence-electron chi connectivity index (χ4n) is 1.92. The predicted octanol–water partition coefficient (Wildman–Crippen LogP) is 3.42. The number of hydrogen-bond acceptors (Lipinski definition) is 3. The summed E-state index contributed by atoms with van der Waals surface area (Å²) in [6.45, 7) is 2.85. The second-order valence-electron chi connectivity index (χ2n) is 4.77. The number of aryl methyl sites for hydroxylation is 1. The van der Waals surface area contributed by atoms with Crippen LogP contribution in [0.25, 0.3) is 0 Å². The molecule has 1 N–H and O–H groups in total. The lowest BCUT2D eigenvalue weighted by Crippen LogP contribution is -2.28. The Morgan fingerprint density at radius 3 is 2.68 bits per heavy atom. The number of carbonyl (C=O) groups excluding carboxylic acids is 1. The fourth-order valence-corrected chi connectivity index (χ4v) is 2.84. The molecule has 0 aromatic heterocycles. The highest BCUT2D eigenvalue weighted by Gasteiger charge is 2.09. The van der Waals surface area contributed by atoms with Gasteiger partial charge in [-0.05, 0) is 53.8 Å². The van der Waals surface area contributed by atoms with E-state index >= 15 is 0 Å². The molecule has 0 heterocycles. The zero-order valence-corrected chi connectivity index (χ0v) is 14.7. The van der Waals surface area contributed by atoms with Gasteiger partial charge in [0.2, 0.25) is 0 Å². The Morgan fingerprint density at radius 2 is 1.95 bits per heavy atom. The van der Waals surface area contributed by atoms with E-state index < -0.39 is 0 Å². The van der Waals surface area contributed by atoms with Crippen LogP contribution in [0.5, 0.6) is 11.5 Å². The number of benzene rings is 2. The second kappa shape index (κ2) is 8.03. The number of carbonyl (C=O) groups is 1. The van der Waals surface area contributed by atoms with E-state index in [4.69, 9.17) is 9.47 Å². The highest BCUT2D eigenvalue weighted by molar-refractivity contribution is 14.1. The van der Waals surface area contributed by atoms with Gasteiger partial charge < -0.3 is 14.8 Å². The number of hydrogen-bond donors (Lipinski definition) is 1. The van der Waals surface area contributed by atoms with Gasteiger partial charge in [-0.15, -0.1) is 0 Å². The number of amides is 1. The van der Waals surface area contributed by atoms with Crippen LogP contribution >= 0.6 is 22.6 Å². The van der Waals surface area contributed by atoms with Crippen molar-refractivity contribution >= 4 is 28.5 Å². The molecular weight excluding hydrogens is 393 g/mol. The minimum atomic E-state index is -0.0846. The summed E-state index contributed by atoms with van der Waals surface area (Å²) in [7, 11) is 1.61. The van der Waals surface area contributed by atoms with Crippen LogP contribution in [-0.4, -0.2) is 26.2 Å². The van der Waals surface area contributed by atoms with E-state index in [2.05, 4.69) is 27.9 Å². The van der Waals surface area contributed by atoms with Gasteiger partial charge in [0, 0.05) is 9.64 Å². The third-order valence-corrected chi connectivity index (χ3v) is 3.96.